The molecule has 1 aromatic heterocycles. The number of benzene rings is 1. The van der Waals surface area contributed by atoms with Gasteiger partial charge in [0.05, 0.1) is 28.3 Å². The molecule has 0 spiro atoms. The first kappa shape index (κ1) is 24.9. The molecule has 0 unspecified atom stereocenters. The fraction of sp³-hybridized carbons (Fsp3) is 0.538. The Bertz CT molecular complexity index is 1210. The highest BCUT2D eigenvalue weighted by atomic mass is 16.6. The Morgan fingerprint density at radius 1 is 1.08 bits per heavy atom. The minimum atomic E-state index is -0.552. The molecule has 0 N–H and O–H groups in total. The van der Waals surface area contributed by atoms with Crippen LogP contribution in [0.5, 0.6) is 0 Å². The van der Waals surface area contributed by atoms with Crippen molar-refractivity contribution in [2.24, 2.45) is 0 Å². The molecule has 2 bridgehead atoms. The molecule has 1 amide bonds. The minimum absolute atomic E-state index is 0.0479. The highest BCUT2D eigenvalue weighted by molar-refractivity contribution is 5.89. The van der Waals surface area contributed by atoms with Crippen molar-refractivity contribution in [3.63, 3.8) is 0 Å². The summed E-state index contributed by atoms with van der Waals surface area (Å²) in [5, 5.41) is 10.9. The molecule has 2 fully saturated rings. The van der Waals surface area contributed by atoms with E-state index in [-0.39, 0.29) is 35.3 Å². The number of ether oxygens (including phenoxy) is 2. The standard InChI is InChI=1S/C26H31N5O6/c1-15-11-20(36-24(32)16-5-7-17(8-6-16)31(34)35)22-21(15)23(28-14-27-22)29-12-18-9-10-19(13-29)30(18)25(33)37-26(2,3)4/h5-8,14-15,18-20H,9-13H2,1-4H3/t15-,18-,19+,20-/m1/s1. The summed E-state index contributed by atoms with van der Waals surface area (Å²) in [6.07, 6.45) is 3.11. The van der Waals surface area contributed by atoms with Crippen molar-refractivity contribution in [1.82, 2.24) is 14.9 Å². The van der Waals surface area contributed by atoms with Gasteiger partial charge in [-0.1, -0.05) is 6.92 Å². The number of aromatic nitrogens is 2. The lowest BCUT2D eigenvalue weighted by Gasteiger charge is -2.42. The number of non-ortho nitro benzene ring substituents is 1. The number of anilines is 1. The van der Waals surface area contributed by atoms with Crippen LogP contribution in [0.4, 0.5) is 16.3 Å². The highest BCUT2D eigenvalue weighted by Gasteiger charge is 2.46. The summed E-state index contributed by atoms with van der Waals surface area (Å²) in [5.74, 6) is 0.346. The Hall–Kier alpha value is -3.76. The van der Waals surface area contributed by atoms with Gasteiger partial charge in [0.15, 0.2) is 0 Å². The largest absolute Gasteiger partial charge is 0.452 e. The molecule has 2 saturated heterocycles. The van der Waals surface area contributed by atoms with Crippen LogP contribution >= 0.6 is 0 Å². The van der Waals surface area contributed by atoms with E-state index >= 15 is 0 Å². The van der Waals surface area contributed by atoms with Crippen molar-refractivity contribution in [2.75, 3.05) is 18.0 Å². The van der Waals surface area contributed by atoms with E-state index in [1.165, 1.54) is 30.6 Å². The van der Waals surface area contributed by atoms with Gasteiger partial charge >= 0.3 is 12.1 Å². The Balaban J connectivity index is 1.33. The van der Waals surface area contributed by atoms with Crippen LogP contribution in [0.15, 0.2) is 30.6 Å². The Labute approximate surface area is 214 Å². The van der Waals surface area contributed by atoms with E-state index in [1.807, 2.05) is 25.7 Å². The van der Waals surface area contributed by atoms with Gasteiger partial charge in [-0.2, -0.15) is 0 Å². The monoisotopic (exact) mass is 509 g/mol. The first-order chi connectivity index (χ1) is 17.5. The molecule has 5 rings (SSSR count). The van der Waals surface area contributed by atoms with Gasteiger partial charge in [-0.15, -0.1) is 0 Å². The Morgan fingerprint density at radius 2 is 1.73 bits per heavy atom. The average molecular weight is 510 g/mol. The molecule has 0 saturated carbocycles. The molecule has 3 heterocycles. The number of hydrogen-bond donors (Lipinski definition) is 0. The maximum absolute atomic E-state index is 12.8. The van der Waals surface area contributed by atoms with Crippen molar-refractivity contribution in [3.8, 4) is 0 Å². The Kier molecular flexibility index (Phi) is 6.25. The molecule has 11 nitrogen and oxygen atoms in total. The normalized spacial score (nSPS) is 24.5. The summed E-state index contributed by atoms with van der Waals surface area (Å²) < 4.78 is 11.5. The van der Waals surface area contributed by atoms with Gasteiger partial charge in [-0.3, -0.25) is 15.0 Å². The predicted molar refractivity (Wildman–Crippen MR) is 133 cm³/mol. The third-order valence-electron chi connectivity index (χ3n) is 7.21. The fourth-order valence-corrected chi connectivity index (χ4v) is 5.64. The van der Waals surface area contributed by atoms with Gasteiger partial charge in [0.1, 0.15) is 23.9 Å². The van der Waals surface area contributed by atoms with Crippen LogP contribution in [-0.2, 0) is 9.47 Å². The van der Waals surface area contributed by atoms with E-state index in [4.69, 9.17) is 9.47 Å². The third kappa shape index (κ3) is 4.82. The lowest BCUT2D eigenvalue weighted by atomic mass is 10.0. The maximum Gasteiger partial charge on any atom is 0.410 e. The molecule has 37 heavy (non-hydrogen) atoms. The van der Waals surface area contributed by atoms with Crippen LogP contribution in [0.25, 0.3) is 0 Å². The predicted octanol–water partition coefficient (Wildman–Crippen LogP) is 4.38. The number of piperazine rings is 1. The molecule has 11 heteroatoms. The summed E-state index contributed by atoms with van der Waals surface area (Å²) >= 11 is 0. The van der Waals surface area contributed by atoms with E-state index < -0.39 is 22.6 Å². The van der Waals surface area contributed by atoms with E-state index in [1.54, 1.807) is 0 Å². The molecular weight excluding hydrogens is 478 g/mol. The number of nitro groups is 1. The maximum atomic E-state index is 12.8. The molecule has 2 aromatic rings. The quantitative estimate of drug-likeness (QED) is 0.335. The zero-order valence-electron chi connectivity index (χ0n) is 21.4. The zero-order valence-corrected chi connectivity index (χ0v) is 21.4. The van der Waals surface area contributed by atoms with E-state index in [2.05, 4.69) is 21.8 Å². The topological polar surface area (TPSA) is 128 Å². The second-order valence-corrected chi connectivity index (χ2v) is 11.0. The summed E-state index contributed by atoms with van der Waals surface area (Å²) in [6, 6.07) is 5.45. The molecule has 1 aromatic carbocycles. The van der Waals surface area contributed by atoms with Crippen LogP contribution in [0, 0.1) is 10.1 Å². The molecule has 3 aliphatic rings. The van der Waals surface area contributed by atoms with Gasteiger partial charge in [0.2, 0.25) is 0 Å². The van der Waals surface area contributed by atoms with Crippen LogP contribution in [0.3, 0.4) is 0 Å². The number of amides is 1. The zero-order chi connectivity index (χ0) is 26.5. The SMILES string of the molecule is C[C@@H]1C[C@@H](OC(=O)c2ccc([N+](=O)[O-])cc2)c2ncnc(N3C[C@H]4CC[C@@H](C3)N4C(=O)OC(C)(C)C)c21. The lowest BCUT2D eigenvalue weighted by molar-refractivity contribution is -0.384. The van der Waals surface area contributed by atoms with Gasteiger partial charge < -0.3 is 14.4 Å². The number of fused-ring (bicyclic) bond motifs is 3. The number of hydrogen-bond acceptors (Lipinski definition) is 9. The number of nitrogens with zero attached hydrogens (tertiary/aromatic N) is 5. The molecule has 0 radical (unpaired) electrons. The van der Waals surface area contributed by atoms with Crippen molar-refractivity contribution < 1.29 is 24.0 Å². The second kappa shape index (κ2) is 9.28. The second-order valence-electron chi connectivity index (χ2n) is 11.0. The third-order valence-corrected chi connectivity index (χ3v) is 7.21. The molecular formula is C26H31N5O6. The van der Waals surface area contributed by atoms with Crippen molar-refractivity contribution in [1.29, 1.82) is 0 Å². The van der Waals surface area contributed by atoms with Gasteiger partial charge in [-0.25, -0.2) is 19.6 Å². The van der Waals surface area contributed by atoms with Crippen LogP contribution in [0.1, 0.15) is 80.6 Å². The number of rotatable bonds is 4. The van der Waals surface area contributed by atoms with Crippen molar-refractivity contribution in [3.05, 3.63) is 57.5 Å². The van der Waals surface area contributed by atoms with E-state index in [0.29, 0.717) is 25.2 Å². The van der Waals surface area contributed by atoms with Crippen molar-refractivity contribution >= 4 is 23.6 Å². The van der Waals surface area contributed by atoms with E-state index in [0.717, 1.165) is 24.2 Å². The van der Waals surface area contributed by atoms with Crippen LogP contribution in [-0.4, -0.2) is 62.6 Å². The average Bonchev–Trinajstić information content (AvgIpc) is 3.30. The van der Waals surface area contributed by atoms with Gasteiger partial charge in [-0.05, 0) is 58.1 Å². The summed E-state index contributed by atoms with van der Waals surface area (Å²) in [7, 11) is 0. The number of carbonyl (C=O) groups is 2. The number of nitro benzene ring substituents is 1. The molecule has 1 aliphatic carbocycles. The summed E-state index contributed by atoms with van der Waals surface area (Å²) in [4.78, 5) is 49.2. The molecule has 4 atom stereocenters. The van der Waals surface area contributed by atoms with Crippen LogP contribution in [0.2, 0.25) is 0 Å². The van der Waals surface area contributed by atoms with Crippen LogP contribution < -0.4 is 4.90 Å². The lowest BCUT2D eigenvalue weighted by Crippen LogP contribution is -2.57. The smallest absolute Gasteiger partial charge is 0.410 e. The van der Waals surface area contributed by atoms with E-state index in [9.17, 15) is 19.7 Å². The van der Waals surface area contributed by atoms with Crippen molar-refractivity contribution in [2.45, 2.75) is 76.7 Å². The fourth-order valence-electron chi connectivity index (χ4n) is 5.64. The first-order valence-electron chi connectivity index (χ1n) is 12.6. The molecule has 2 aliphatic heterocycles. The summed E-state index contributed by atoms with van der Waals surface area (Å²) in [5.41, 5.74) is 1.27. The Morgan fingerprint density at radius 3 is 2.32 bits per heavy atom. The molecule has 196 valence electrons. The van der Waals surface area contributed by atoms with Gasteiger partial charge in [0, 0.05) is 30.8 Å². The van der Waals surface area contributed by atoms with Gasteiger partial charge in [0.25, 0.3) is 5.69 Å². The minimum Gasteiger partial charge on any atom is -0.452 e. The summed E-state index contributed by atoms with van der Waals surface area (Å²) in [6.45, 7) is 8.99. The highest BCUT2D eigenvalue weighted by Crippen LogP contribution is 2.46. The number of carbonyl (C=O) groups excluding carboxylic acids is 2. The first-order valence-corrected chi connectivity index (χ1v) is 12.6. The number of esters is 1.